The first-order valence-corrected chi connectivity index (χ1v) is 11.6. The van der Waals surface area contributed by atoms with Gasteiger partial charge in [0.05, 0.1) is 19.3 Å². The number of amides is 1. The molecule has 6 nitrogen and oxygen atoms in total. The van der Waals surface area contributed by atoms with Crippen molar-refractivity contribution in [1.82, 2.24) is 10.3 Å². The van der Waals surface area contributed by atoms with Crippen molar-refractivity contribution in [3.05, 3.63) is 50.9 Å². The van der Waals surface area contributed by atoms with E-state index in [9.17, 15) is 4.79 Å². The summed E-state index contributed by atoms with van der Waals surface area (Å²) in [5.74, 6) is 0.950. The lowest BCUT2D eigenvalue weighted by molar-refractivity contribution is -0.0830. The molecule has 0 aliphatic carbocycles. The second kappa shape index (κ2) is 8.62. The molecule has 28 heavy (non-hydrogen) atoms. The lowest BCUT2D eigenvalue weighted by Gasteiger charge is -2.45. The summed E-state index contributed by atoms with van der Waals surface area (Å²) in [6.45, 7) is 0.997. The van der Waals surface area contributed by atoms with E-state index in [1.807, 2.05) is 23.6 Å². The Kier molecular flexibility index (Phi) is 6.17. The van der Waals surface area contributed by atoms with E-state index in [2.05, 4.69) is 26.2 Å². The number of carbonyl (C=O) groups excluding carboxylic acids is 1. The molecule has 9 heteroatoms. The van der Waals surface area contributed by atoms with Crippen LogP contribution < -0.4 is 5.32 Å². The predicted molar refractivity (Wildman–Crippen MR) is 115 cm³/mol. The molecule has 0 saturated carbocycles. The van der Waals surface area contributed by atoms with Gasteiger partial charge in [0.25, 0.3) is 5.91 Å². The summed E-state index contributed by atoms with van der Waals surface area (Å²) >= 11 is 6.59. The zero-order valence-electron chi connectivity index (χ0n) is 15.3. The summed E-state index contributed by atoms with van der Waals surface area (Å²) in [7, 11) is 1.69. The monoisotopic (exact) mass is 481 g/mol. The number of nitrogens with zero attached hydrogens (tertiary/aromatic N) is 2. The molecule has 2 aliphatic rings. The molecular formula is C19H20BrN3O3S2. The molecule has 3 heterocycles. The summed E-state index contributed by atoms with van der Waals surface area (Å²) in [5.41, 5.74) is 0.0323. The molecule has 148 valence electrons. The van der Waals surface area contributed by atoms with Crippen molar-refractivity contribution in [2.24, 2.45) is 10.9 Å². The summed E-state index contributed by atoms with van der Waals surface area (Å²) < 4.78 is 12.2. The van der Waals surface area contributed by atoms with Gasteiger partial charge in [-0.05, 0) is 34.5 Å². The number of benzene rings is 1. The second-order valence-corrected chi connectivity index (χ2v) is 9.45. The first-order valence-electron chi connectivity index (χ1n) is 8.92. The lowest BCUT2D eigenvalue weighted by atomic mass is 9.80. The number of aliphatic imine (C=N–C) groups is 1. The van der Waals surface area contributed by atoms with E-state index in [4.69, 9.17) is 14.5 Å². The molecule has 2 aromatic rings. The highest BCUT2D eigenvalue weighted by Gasteiger charge is 2.50. The van der Waals surface area contributed by atoms with E-state index < -0.39 is 5.54 Å². The molecule has 0 spiro atoms. The fourth-order valence-electron chi connectivity index (χ4n) is 3.53. The molecule has 1 aromatic heterocycles. The van der Waals surface area contributed by atoms with Crippen molar-refractivity contribution >= 4 is 50.1 Å². The number of nitrogens with one attached hydrogen (secondary N) is 1. The number of thiazole rings is 1. The standard InChI is InChI=1S/C19H20BrN3O3S2/c1-25-8-14-7-13-9-28-18(22-16(24)12-5-3-2-4-6-12)23-19(13,11-26-14)17-21-15(20)10-27-17/h2-6,10,13-14H,7-9,11H2,1H3,(H,22,23,24)/t13-,14-,19-/m0/s1. The Morgan fingerprint density at radius 3 is 2.96 bits per heavy atom. The maximum atomic E-state index is 12.6. The Bertz CT molecular complexity index is 876. The van der Waals surface area contributed by atoms with Crippen LogP contribution in [0.3, 0.4) is 0 Å². The van der Waals surface area contributed by atoms with Crippen LogP contribution in [0, 0.1) is 5.92 Å². The van der Waals surface area contributed by atoms with Gasteiger partial charge in [-0.3, -0.25) is 4.79 Å². The van der Waals surface area contributed by atoms with E-state index in [-0.39, 0.29) is 17.9 Å². The van der Waals surface area contributed by atoms with Gasteiger partial charge in [0.2, 0.25) is 0 Å². The molecule has 0 bridgehead atoms. The van der Waals surface area contributed by atoms with Gasteiger partial charge in [0.1, 0.15) is 15.1 Å². The first-order chi connectivity index (χ1) is 13.6. The van der Waals surface area contributed by atoms with Crippen molar-refractivity contribution in [3.63, 3.8) is 0 Å². The van der Waals surface area contributed by atoms with Crippen molar-refractivity contribution in [2.45, 2.75) is 18.1 Å². The van der Waals surface area contributed by atoms with Crippen LogP contribution in [0.5, 0.6) is 0 Å². The van der Waals surface area contributed by atoms with Gasteiger partial charge in [-0.15, -0.1) is 11.3 Å². The van der Waals surface area contributed by atoms with Gasteiger partial charge in [-0.2, -0.15) is 0 Å². The molecule has 1 saturated heterocycles. The van der Waals surface area contributed by atoms with E-state index in [1.165, 1.54) is 0 Å². The molecule has 1 aromatic carbocycles. The van der Waals surface area contributed by atoms with E-state index in [0.29, 0.717) is 23.9 Å². The number of carbonyl (C=O) groups is 1. The first kappa shape index (κ1) is 20.0. The number of fused-ring (bicyclic) bond motifs is 1. The molecule has 0 radical (unpaired) electrons. The van der Waals surface area contributed by atoms with Crippen LogP contribution in [0.1, 0.15) is 21.8 Å². The molecule has 3 atom stereocenters. The number of methoxy groups -OCH3 is 1. The van der Waals surface area contributed by atoms with E-state index in [0.717, 1.165) is 21.8 Å². The highest BCUT2D eigenvalue weighted by atomic mass is 79.9. The molecule has 2 aliphatic heterocycles. The summed E-state index contributed by atoms with van der Waals surface area (Å²) in [6.07, 6.45) is 0.907. The van der Waals surface area contributed by atoms with Crippen molar-refractivity contribution in [2.75, 3.05) is 26.1 Å². The fourth-order valence-corrected chi connectivity index (χ4v) is 6.15. The molecule has 1 fully saturated rings. The topological polar surface area (TPSA) is 72.8 Å². The van der Waals surface area contributed by atoms with Crippen LogP contribution >= 0.6 is 39.0 Å². The van der Waals surface area contributed by atoms with Crippen LogP contribution in [-0.4, -0.2) is 48.2 Å². The fraction of sp³-hybridized carbons (Fsp3) is 0.421. The van der Waals surface area contributed by atoms with Crippen molar-refractivity contribution in [1.29, 1.82) is 0 Å². The Hall–Kier alpha value is -1.26. The van der Waals surface area contributed by atoms with Gasteiger partial charge in [-0.1, -0.05) is 30.0 Å². The number of rotatable bonds is 4. The van der Waals surface area contributed by atoms with Crippen LogP contribution in [0.15, 0.2) is 45.3 Å². The van der Waals surface area contributed by atoms with E-state index in [1.54, 1.807) is 42.3 Å². The quantitative estimate of drug-likeness (QED) is 0.720. The molecule has 4 rings (SSSR count). The molecule has 1 amide bonds. The minimum absolute atomic E-state index is 0.0581. The van der Waals surface area contributed by atoms with Gasteiger partial charge in [-0.25, -0.2) is 9.98 Å². The number of aromatic nitrogens is 1. The summed E-state index contributed by atoms with van der Waals surface area (Å²) in [5, 5.41) is 6.45. The Morgan fingerprint density at radius 2 is 2.25 bits per heavy atom. The number of halogens is 1. The SMILES string of the molecule is COC[C@@H]1C[C@H]2CSC(NC(=O)c3ccccc3)=N[C@@]2(c2nc(Br)cs2)CO1. The van der Waals surface area contributed by atoms with Gasteiger partial charge in [0, 0.05) is 29.7 Å². The highest BCUT2D eigenvalue weighted by Crippen LogP contribution is 2.47. The number of thioether (sulfide) groups is 1. The minimum atomic E-state index is -0.578. The zero-order chi connectivity index (χ0) is 19.6. The minimum Gasteiger partial charge on any atom is -0.382 e. The zero-order valence-corrected chi connectivity index (χ0v) is 18.5. The van der Waals surface area contributed by atoms with E-state index >= 15 is 0 Å². The third-order valence-electron chi connectivity index (χ3n) is 4.94. The average molecular weight is 482 g/mol. The van der Waals surface area contributed by atoms with Gasteiger partial charge >= 0.3 is 0 Å². The molecule has 1 N–H and O–H groups in total. The number of ether oxygens (including phenoxy) is 2. The Balaban J connectivity index is 1.62. The van der Waals surface area contributed by atoms with Crippen LogP contribution in [-0.2, 0) is 15.0 Å². The molecule has 0 unspecified atom stereocenters. The van der Waals surface area contributed by atoms with Gasteiger partial charge in [0.15, 0.2) is 5.17 Å². The maximum absolute atomic E-state index is 12.6. The lowest BCUT2D eigenvalue weighted by Crippen LogP contribution is -2.51. The summed E-state index contributed by atoms with van der Waals surface area (Å²) in [4.78, 5) is 22.2. The third kappa shape index (κ3) is 4.04. The van der Waals surface area contributed by atoms with Crippen LogP contribution in [0.25, 0.3) is 0 Å². The average Bonchev–Trinajstić information content (AvgIpc) is 3.16. The predicted octanol–water partition coefficient (Wildman–Crippen LogP) is 3.69. The van der Waals surface area contributed by atoms with Gasteiger partial charge < -0.3 is 14.8 Å². The molecular weight excluding hydrogens is 462 g/mol. The third-order valence-corrected chi connectivity index (χ3v) is 7.69. The maximum Gasteiger partial charge on any atom is 0.257 e. The van der Waals surface area contributed by atoms with Crippen molar-refractivity contribution in [3.8, 4) is 0 Å². The Morgan fingerprint density at radius 1 is 1.43 bits per heavy atom. The normalized spacial score (nSPS) is 27.0. The number of amidine groups is 1. The summed E-state index contributed by atoms with van der Waals surface area (Å²) in [6, 6.07) is 9.16. The number of hydrogen-bond donors (Lipinski definition) is 1. The largest absolute Gasteiger partial charge is 0.382 e. The Labute approximate surface area is 180 Å². The van der Waals surface area contributed by atoms with Crippen LogP contribution in [0.2, 0.25) is 0 Å². The van der Waals surface area contributed by atoms with Crippen molar-refractivity contribution < 1.29 is 14.3 Å². The number of hydrogen-bond acceptors (Lipinski definition) is 7. The smallest absolute Gasteiger partial charge is 0.257 e. The highest BCUT2D eigenvalue weighted by molar-refractivity contribution is 9.10. The second-order valence-electron chi connectivity index (χ2n) is 6.77. The van der Waals surface area contributed by atoms with Crippen LogP contribution in [0.4, 0.5) is 0 Å².